The molecule has 5 aromatic rings. The summed E-state index contributed by atoms with van der Waals surface area (Å²) in [6.45, 7) is 14.7. The summed E-state index contributed by atoms with van der Waals surface area (Å²) in [4.78, 5) is 15.9. The van der Waals surface area contributed by atoms with Gasteiger partial charge >= 0.3 is 347 Å². The van der Waals surface area contributed by atoms with Crippen molar-refractivity contribution in [1.82, 2.24) is 0 Å². The normalized spacial score (nSPS) is 17.1. The van der Waals surface area contributed by atoms with E-state index in [0.717, 1.165) is 44.3 Å². The van der Waals surface area contributed by atoms with Gasteiger partial charge in [0, 0.05) is 4.88 Å². The number of hydrogen-bond donors (Lipinski definition) is 0. The first kappa shape index (κ1) is 45.9. The molecule has 0 spiro atoms. The molecule has 0 aliphatic carbocycles. The van der Waals surface area contributed by atoms with Crippen molar-refractivity contribution in [2.45, 2.75) is 48.0 Å². The van der Waals surface area contributed by atoms with Crippen molar-refractivity contribution in [2.24, 2.45) is 21.8 Å². The molecule has 0 N–H and O–H groups in total. The molecule has 3 aromatic carbocycles. The Morgan fingerprint density at radius 3 is 1.71 bits per heavy atom. The number of allylic oxidation sites excluding steroid dienone is 7. The van der Waals surface area contributed by atoms with Crippen LogP contribution in [0.5, 0.6) is 0 Å². The topological polar surface area (TPSA) is 34.0 Å². The molecule has 3 aliphatic heterocycles. The average molecular weight is 1100 g/mol. The van der Waals surface area contributed by atoms with E-state index in [2.05, 4.69) is 185 Å². The first-order valence-electron chi connectivity index (χ1n) is 21.7. The van der Waals surface area contributed by atoms with E-state index < -0.39 is 7.26 Å². The Morgan fingerprint density at radius 1 is 0.714 bits per heavy atom. The molecule has 63 heavy (non-hydrogen) atoms. The zero-order valence-corrected chi connectivity index (χ0v) is 43.4. The predicted octanol–water partition coefficient (Wildman–Crippen LogP) is 13.9. The van der Waals surface area contributed by atoms with Crippen LogP contribution in [0.15, 0.2) is 181 Å². The molecule has 5 heterocycles. The fourth-order valence-corrected chi connectivity index (χ4v) is 17.9. The van der Waals surface area contributed by atoms with E-state index in [0.29, 0.717) is 25.0 Å². The van der Waals surface area contributed by atoms with Crippen LogP contribution in [0.4, 0.5) is 0 Å². The summed E-state index contributed by atoms with van der Waals surface area (Å²) in [6.07, 6.45) is 10.0. The van der Waals surface area contributed by atoms with E-state index in [1.807, 2.05) is 52.8 Å². The van der Waals surface area contributed by atoms with E-state index in [1.54, 1.807) is 11.3 Å². The summed E-state index contributed by atoms with van der Waals surface area (Å²) in [5.74, 6) is 3.03. The standard InChI is InChI=1S/C54H53N2OPS4.Os/c1-8-19-39-32-57-33-40(39)31-45(38(7)58(41-21-13-10-14-22-41,42-23-15-11-16-24-42)43-25-17-12-18-26-43)46-29-30-48(62-46)52-50-49(53(56-52)59-34-36(3)4)51(55-54(50)60-35-37(5)6)47-28-27-44(61-47)20-9-2;/h9-31,36-37H,8,32-35H2,1-6H3;/q+1;/b20-9+,39-19?,40-31?,45-38?;. The Kier molecular flexibility index (Phi) is 15.4. The second kappa shape index (κ2) is 21.1. The second-order valence-electron chi connectivity index (χ2n) is 16.4. The summed E-state index contributed by atoms with van der Waals surface area (Å²) in [7, 11) is -2.51. The molecular formula is C54H53N2OOsPS4+. The number of thioether (sulfide) groups is 2. The molecule has 0 unspecified atom stereocenters. The number of ether oxygens (including phenoxy) is 1. The van der Waals surface area contributed by atoms with Gasteiger partial charge in [0.15, 0.2) is 0 Å². The molecular weight excluding hydrogens is 1040 g/mol. The number of thiophene rings is 2. The van der Waals surface area contributed by atoms with Crippen molar-refractivity contribution >= 4 is 92.4 Å². The SMILES string of the molecule is C/C=C/c1ccc(C2=NC(SCC(C)C)=C3C(c4ccc(C(C=C5COCC5=CCC)=C([C]#[Os])[P+](c5ccccc5)(c5ccccc5)c5ccccc5)s4)=NC(SCC(C)C)=C23)s1. The fraction of sp³-hybridized carbons (Fsp3) is 0.241. The minimum atomic E-state index is -2.51. The van der Waals surface area contributed by atoms with Gasteiger partial charge in [0.2, 0.25) is 0 Å². The van der Waals surface area contributed by atoms with Gasteiger partial charge in [-0.15, -0.1) is 0 Å². The monoisotopic (exact) mass is 1100 g/mol. The zero-order chi connectivity index (χ0) is 43.9. The molecule has 1 fully saturated rings. The quantitative estimate of drug-likeness (QED) is 0.0924. The third-order valence-electron chi connectivity index (χ3n) is 10.8. The summed E-state index contributed by atoms with van der Waals surface area (Å²) in [6, 6.07) is 42.6. The van der Waals surface area contributed by atoms with Crippen LogP contribution in [0.3, 0.4) is 0 Å². The van der Waals surface area contributed by atoms with Gasteiger partial charge in [-0.1, -0.05) is 33.8 Å². The Bertz CT molecular complexity index is 2650. The number of rotatable bonds is 16. The maximum atomic E-state index is 6.19. The van der Waals surface area contributed by atoms with Crippen molar-refractivity contribution in [1.29, 1.82) is 0 Å². The summed E-state index contributed by atoms with van der Waals surface area (Å²) in [5, 5.41) is 7.29. The van der Waals surface area contributed by atoms with Crippen LogP contribution in [0.25, 0.3) is 11.6 Å². The van der Waals surface area contributed by atoms with Crippen LogP contribution in [-0.4, -0.2) is 36.1 Å². The number of nitrogens with zero attached hydrogens (tertiary/aromatic N) is 2. The van der Waals surface area contributed by atoms with Crippen molar-refractivity contribution in [3.8, 4) is 4.37 Å². The van der Waals surface area contributed by atoms with Crippen LogP contribution >= 0.6 is 53.5 Å². The molecule has 9 heteroatoms. The molecule has 2 aromatic heterocycles. The van der Waals surface area contributed by atoms with Crippen LogP contribution < -0.4 is 15.9 Å². The van der Waals surface area contributed by atoms with Crippen molar-refractivity contribution < 1.29 is 22.7 Å². The Hall–Kier alpha value is -3.65. The van der Waals surface area contributed by atoms with Gasteiger partial charge in [-0.05, 0) is 19.1 Å². The van der Waals surface area contributed by atoms with Crippen LogP contribution in [-0.2, 0) is 22.7 Å². The Labute approximate surface area is 401 Å². The van der Waals surface area contributed by atoms with Gasteiger partial charge in [-0.25, -0.2) is 0 Å². The number of benzene rings is 3. The molecule has 8 rings (SSSR count). The summed E-state index contributed by atoms with van der Waals surface area (Å²) in [5.41, 5.74) is 8.17. The Morgan fingerprint density at radius 2 is 1.22 bits per heavy atom. The van der Waals surface area contributed by atoms with Crippen molar-refractivity contribution in [3.05, 3.63) is 191 Å². The van der Waals surface area contributed by atoms with E-state index in [-0.39, 0.29) is 0 Å². The number of fused-ring (bicyclic) bond motifs is 1. The molecule has 0 radical (unpaired) electrons. The van der Waals surface area contributed by atoms with E-state index in [9.17, 15) is 0 Å². The first-order valence-corrected chi connectivity index (χ1v) is 28.3. The molecule has 0 amide bonds. The zero-order valence-electron chi connectivity index (χ0n) is 36.7. The van der Waals surface area contributed by atoms with E-state index in [1.165, 1.54) is 63.7 Å². The van der Waals surface area contributed by atoms with Crippen molar-refractivity contribution in [2.75, 3.05) is 24.7 Å². The third kappa shape index (κ3) is 9.68. The maximum absolute atomic E-state index is 6.19. The van der Waals surface area contributed by atoms with Gasteiger partial charge < -0.3 is 0 Å². The summed E-state index contributed by atoms with van der Waals surface area (Å²) >= 11 is 9.23. The van der Waals surface area contributed by atoms with Gasteiger partial charge in [0.05, 0.1) is 0 Å². The van der Waals surface area contributed by atoms with Gasteiger partial charge in [0.1, 0.15) is 0 Å². The van der Waals surface area contributed by atoms with E-state index >= 15 is 0 Å². The van der Waals surface area contributed by atoms with Gasteiger partial charge in [0.25, 0.3) is 0 Å². The molecule has 0 saturated carbocycles. The number of aliphatic imine (C=N–C) groups is 2. The predicted molar refractivity (Wildman–Crippen MR) is 278 cm³/mol. The molecule has 0 atom stereocenters. The fourth-order valence-electron chi connectivity index (χ4n) is 8.01. The van der Waals surface area contributed by atoms with E-state index in [4.69, 9.17) is 14.7 Å². The first-order chi connectivity index (χ1) is 30.8. The van der Waals surface area contributed by atoms with Crippen LogP contribution in [0.2, 0.25) is 0 Å². The van der Waals surface area contributed by atoms with Gasteiger partial charge in [-0.2, -0.15) is 0 Å². The molecule has 1 saturated heterocycles. The van der Waals surface area contributed by atoms with Crippen LogP contribution in [0.1, 0.15) is 67.5 Å². The third-order valence-corrected chi connectivity index (χ3v) is 21.1. The summed E-state index contributed by atoms with van der Waals surface area (Å²) < 4.78 is 10.2. The van der Waals surface area contributed by atoms with Crippen molar-refractivity contribution in [3.63, 3.8) is 0 Å². The average Bonchev–Trinajstić information content (AvgIpc) is 4.16. The van der Waals surface area contributed by atoms with Crippen LogP contribution in [0, 0.1) is 16.2 Å². The molecule has 3 nitrogen and oxygen atoms in total. The second-order valence-corrected chi connectivity index (χ2v) is 24.6. The van der Waals surface area contributed by atoms with Gasteiger partial charge in [-0.3, -0.25) is 0 Å². The number of hydrogen-bond acceptors (Lipinski definition) is 7. The molecule has 3 aliphatic rings. The minimum absolute atomic E-state index is 0.526. The Balaban J connectivity index is 1.37. The molecule has 321 valence electrons. The molecule has 0 bridgehead atoms.